The zero-order valence-corrected chi connectivity index (χ0v) is 15.3. The van der Waals surface area contributed by atoms with Crippen molar-refractivity contribution in [3.63, 3.8) is 0 Å². The second-order valence-corrected chi connectivity index (χ2v) is 6.34. The van der Waals surface area contributed by atoms with Crippen LogP contribution in [0.5, 0.6) is 11.6 Å². The first-order valence-corrected chi connectivity index (χ1v) is 8.73. The number of nitrogens with zero attached hydrogens (tertiary/aromatic N) is 4. The standard InChI is InChI=1S/C20H20N4O3/c1-14-10-17(19(26-2)21-12-14)23-8-9-24-18(20(23)25)11-15(22-24)13-27-16-6-4-3-5-7-16/h3-7,10-12H,8-9,13H2,1-2H3. The summed E-state index contributed by atoms with van der Waals surface area (Å²) in [6, 6.07) is 13.2. The number of hydrogen-bond donors (Lipinski definition) is 0. The Balaban J connectivity index is 1.56. The lowest BCUT2D eigenvalue weighted by molar-refractivity contribution is 0.0961. The van der Waals surface area contributed by atoms with Crippen molar-refractivity contribution in [1.82, 2.24) is 14.8 Å². The second-order valence-electron chi connectivity index (χ2n) is 6.34. The third-order valence-corrected chi connectivity index (χ3v) is 4.41. The van der Waals surface area contributed by atoms with Crippen LogP contribution >= 0.6 is 0 Å². The van der Waals surface area contributed by atoms with Crippen molar-refractivity contribution in [2.45, 2.75) is 20.1 Å². The van der Waals surface area contributed by atoms with Crippen molar-refractivity contribution in [1.29, 1.82) is 0 Å². The van der Waals surface area contributed by atoms with Gasteiger partial charge in [0, 0.05) is 12.7 Å². The first kappa shape index (κ1) is 17.1. The Hall–Kier alpha value is -3.35. The van der Waals surface area contributed by atoms with Crippen molar-refractivity contribution < 1.29 is 14.3 Å². The van der Waals surface area contributed by atoms with Crippen LogP contribution in [0.3, 0.4) is 0 Å². The quantitative estimate of drug-likeness (QED) is 0.696. The highest BCUT2D eigenvalue weighted by Crippen LogP contribution is 2.30. The Morgan fingerprint density at radius 3 is 2.74 bits per heavy atom. The van der Waals surface area contributed by atoms with Crippen LogP contribution in [0.1, 0.15) is 21.7 Å². The number of hydrogen-bond acceptors (Lipinski definition) is 5. The first-order valence-electron chi connectivity index (χ1n) is 8.73. The lowest BCUT2D eigenvalue weighted by Crippen LogP contribution is -2.40. The Morgan fingerprint density at radius 2 is 1.96 bits per heavy atom. The summed E-state index contributed by atoms with van der Waals surface area (Å²) >= 11 is 0. The molecule has 0 aliphatic carbocycles. The first-order chi connectivity index (χ1) is 13.2. The number of ether oxygens (including phenoxy) is 2. The molecule has 27 heavy (non-hydrogen) atoms. The summed E-state index contributed by atoms with van der Waals surface area (Å²) in [5.41, 5.74) is 2.90. The molecule has 0 atom stereocenters. The molecule has 7 heteroatoms. The smallest absolute Gasteiger partial charge is 0.276 e. The van der Waals surface area contributed by atoms with Crippen LogP contribution in [-0.2, 0) is 13.2 Å². The summed E-state index contributed by atoms with van der Waals surface area (Å²) in [4.78, 5) is 19.0. The number of rotatable bonds is 5. The number of anilines is 1. The predicted octanol–water partition coefficient (Wildman–Crippen LogP) is 2.83. The number of amides is 1. The van der Waals surface area contributed by atoms with E-state index in [-0.39, 0.29) is 5.91 Å². The van der Waals surface area contributed by atoms with E-state index in [4.69, 9.17) is 9.47 Å². The van der Waals surface area contributed by atoms with Gasteiger partial charge in [-0.1, -0.05) is 18.2 Å². The van der Waals surface area contributed by atoms with Crippen LogP contribution in [0.15, 0.2) is 48.7 Å². The number of pyridine rings is 1. The number of para-hydroxylation sites is 1. The van der Waals surface area contributed by atoms with Crippen LogP contribution in [0.4, 0.5) is 5.69 Å². The molecule has 1 amide bonds. The Morgan fingerprint density at radius 1 is 1.15 bits per heavy atom. The van der Waals surface area contributed by atoms with Gasteiger partial charge in [-0.15, -0.1) is 0 Å². The number of fused-ring (bicyclic) bond motifs is 1. The minimum atomic E-state index is -0.120. The molecule has 0 N–H and O–H groups in total. The van der Waals surface area contributed by atoms with Gasteiger partial charge in [0.25, 0.3) is 5.91 Å². The fourth-order valence-electron chi connectivity index (χ4n) is 3.11. The van der Waals surface area contributed by atoms with Crippen LogP contribution in [0, 0.1) is 6.92 Å². The molecule has 1 aliphatic heterocycles. The molecule has 7 nitrogen and oxygen atoms in total. The maximum atomic E-state index is 13.0. The topological polar surface area (TPSA) is 69.5 Å². The minimum absolute atomic E-state index is 0.120. The van der Waals surface area contributed by atoms with Gasteiger partial charge in [0.05, 0.1) is 13.7 Å². The van der Waals surface area contributed by atoms with Gasteiger partial charge in [-0.25, -0.2) is 4.98 Å². The lowest BCUT2D eigenvalue weighted by atomic mass is 10.2. The average Bonchev–Trinajstić information content (AvgIpc) is 3.12. The number of methoxy groups -OCH3 is 1. The van der Waals surface area contributed by atoms with E-state index in [0.717, 1.165) is 17.0 Å². The third-order valence-electron chi connectivity index (χ3n) is 4.41. The molecule has 3 aromatic rings. The third kappa shape index (κ3) is 3.36. The van der Waals surface area contributed by atoms with Gasteiger partial charge in [0.15, 0.2) is 0 Å². The molecule has 3 heterocycles. The molecule has 0 saturated heterocycles. The highest BCUT2D eigenvalue weighted by atomic mass is 16.5. The van der Waals surface area contributed by atoms with Crippen molar-refractivity contribution >= 4 is 11.6 Å². The maximum absolute atomic E-state index is 13.0. The van der Waals surface area contributed by atoms with Crippen LogP contribution in [0.2, 0.25) is 0 Å². The summed E-state index contributed by atoms with van der Waals surface area (Å²) in [7, 11) is 1.55. The van der Waals surface area contributed by atoms with E-state index in [0.29, 0.717) is 37.0 Å². The van der Waals surface area contributed by atoms with Gasteiger partial charge in [-0.3, -0.25) is 9.48 Å². The SMILES string of the molecule is COc1ncc(C)cc1N1CCn2nc(COc3ccccc3)cc2C1=O. The molecule has 138 valence electrons. The molecule has 0 fully saturated rings. The van der Waals surface area contributed by atoms with Crippen molar-refractivity contribution in [2.75, 3.05) is 18.6 Å². The van der Waals surface area contributed by atoms with Gasteiger partial charge in [0.1, 0.15) is 29.4 Å². The fraction of sp³-hybridized carbons (Fsp3) is 0.250. The largest absolute Gasteiger partial charge is 0.487 e. The fourth-order valence-corrected chi connectivity index (χ4v) is 3.11. The number of carbonyl (C=O) groups excluding carboxylic acids is 1. The van der Waals surface area contributed by atoms with Crippen molar-refractivity contribution in [2.24, 2.45) is 0 Å². The van der Waals surface area contributed by atoms with E-state index in [2.05, 4.69) is 10.1 Å². The summed E-state index contributed by atoms with van der Waals surface area (Å²) in [5, 5.41) is 4.50. The number of aryl methyl sites for hydroxylation is 1. The van der Waals surface area contributed by atoms with Gasteiger partial charge in [-0.2, -0.15) is 5.10 Å². The molecular formula is C20H20N4O3. The maximum Gasteiger partial charge on any atom is 0.276 e. The number of aromatic nitrogens is 3. The highest BCUT2D eigenvalue weighted by Gasteiger charge is 2.29. The second kappa shape index (κ2) is 7.11. The Labute approximate surface area is 157 Å². The summed E-state index contributed by atoms with van der Waals surface area (Å²) in [6.45, 7) is 3.36. The monoisotopic (exact) mass is 364 g/mol. The highest BCUT2D eigenvalue weighted by molar-refractivity contribution is 6.06. The normalized spacial score (nSPS) is 13.4. The number of benzene rings is 1. The van der Waals surface area contributed by atoms with Crippen molar-refractivity contribution in [3.8, 4) is 11.6 Å². The van der Waals surface area contributed by atoms with E-state index < -0.39 is 0 Å². The molecule has 0 radical (unpaired) electrons. The Kier molecular flexibility index (Phi) is 4.50. The van der Waals surface area contributed by atoms with Crippen molar-refractivity contribution in [3.05, 3.63) is 65.6 Å². The molecule has 4 rings (SSSR count). The average molecular weight is 364 g/mol. The zero-order valence-electron chi connectivity index (χ0n) is 15.3. The summed E-state index contributed by atoms with van der Waals surface area (Å²) in [5.74, 6) is 1.09. The number of carbonyl (C=O) groups is 1. The van der Waals surface area contributed by atoms with Crippen LogP contribution in [0.25, 0.3) is 0 Å². The zero-order chi connectivity index (χ0) is 18.8. The molecule has 0 saturated carbocycles. The summed E-state index contributed by atoms with van der Waals surface area (Å²) < 4.78 is 12.8. The van der Waals surface area contributed by atoms with Crippen LogP contribution < -0.4 is 14.4 Å². The van der Waals surface area contributed by atoms with Gasteiger partial charge >= 0.3 is 0 Å². The van der Waals surface area contributed by atoms with Gasteiger partial charge < -0.3 is 14.4 Å². The molecule has 0 spiro atoms. The van der Waals surface area contributed by atoms with E-state index in [1.807, 2.05) is 43.3 Å². The molecule has 0 bridgehead atoms. The molecule has 1 aromatic carbocycles. The molecule has 2 aromatic heterocycles. The molecular weight excluding hydrogens is 344 g/mol. The van der Waals surface area contributed by atoms with E-state index in [1.165, 1.54) is 0 Å². The predicted molar refractivity (Wildman–Crippen MR) is 100 cm³/mol. The van der Waals surface area contributed by atoms with E-state index in [9.17, 15) is 4.79 Å². The van der Waals surface area contributed by atoms with E-state index >= 15 is 0 Å². The van der Waals surface area contributed by atoms with Gasteiger partial charge in [-0.05, 0) is 36.8 Å². The van der Waals surface area contributed by atoms with E-state index in [1.54, 1.807) is 29.0 Å². The minimum Gasteiger partial charge on any atom is -0.487 e. The Bertz CT molecular complexity index is 969. The lowest BCUT2D eigenvalue weighted by Gasteiger charge is -2.28. The molecule has 0 unspecified atom stereocenters. The van der Waals surface area contributed by atoms with Gasteiger partial charge in [0.2, 0.25) is 5.88 Å². The van der Waals surface area contributed by atoms with Crippen LogP contribution in [-0.4, -0.2) is 34.3 Å². The summed E-state index contributed by atoms with van der Waals surface area (Å²) in [6.07, 6.45) is 1.72. The molecule has 1 aliphatic rings.